The third-order valence-electron chi connectivity index (χ3n) is 1.61. The standard InChI is InChI=1S/C6H6O3.C2H5N/c1-3-4(2)6(8)9-5(3)7;1-2-3-1/h1-2H3;3H,1-2H2. The molecule has 1 saturated heterocycles. The number of cyclic esters (lactones) is 2. The first-order valence-corrected chi connectivity index (χ1v) is 3.77. The average molecular weight is 169 g/mol. The summed E-state index contributed by atoms with van der Waals surface area (Å²) in [7, 11) is 0. The van der Waals surface area contributed by atoms with Crippen molar-refractivity contribution in [2.45, 2.75) is 13.8 Å². The van der Waals surface area contributed by atoms with E-state index in [2.05, 4.69) is 10.1 Å². The van der Waals surface area contributed by atoms with Crippen LogP contribution in [0.1, 0.15) is 13.8 Å². The number of rotatable bonds is 0. The second kappa shape index (κ2) is 3.49. The molecule has 0 atom stereocenters. The van der Waals surface area contributed by atoms with Gasteiger partial charge in [0.15, 0.2) is 0 Å². The van der Waals surface area contributed by atoms with Crippen LogP contribution in [0.2, 0.25) is 0 Å². The normalized spacial score (nSPS) is 20.2. The highest BCUT2D eigenvalue weighted by Gasteiger charge is 2.25. The summed E-state index contributed by atoms with van der Waals surface area (Å²) in [5, 5.41) is 3.00. The van der Waals surface area contributed by atoms with Crippen LogP contribution in [0.3, 0.4) is 0 Å². The molecule has 2 aliphatic heterocycles. The molecular weight excluding hydrogens is 158 g/mol. The third kappa shape index (κ3) is 2.17. The van der Waals surface area contributed by atoms with E-state index < -0.39 is 11.9 Å². The number of hydrogen-bond donors (Lipinski definition) is 1. The van der Waals surface area contributed by atoms with Crippen LogP contribution in [0.5, 0.6) is 0 Å². The Bertz CT molecular complexity index is 228. The van der Waals surface area contributed by atoms with Crippen LogP contribution in [0.15, 0.2) is 11.1 Å². The number of ether oxygens (including phenoxy) is 1. The molecule has 2 rings (SSSR count). The predicted octanol–water partition coefficient (Wildman–Crippen LogP) is -0.00420. The lowest BCUT2D eigenvalue weighted by Crippen LogP contribution is -2.00. The first-order chi connectivity index (χ1) is 5.63. The van der Waals surface area contributed by atoms with Gasteiger partial charge in [-0.15, -0.1) is 0 Å². The zero-order valence-corrected chi connectivity index (χ0v) is 7.14. The number of carbonyl (C=O) groups is 2. The maximum absolute atomic E-state index is 10.5. The molecule has 0 radical (unpaired) electrons. The number of esters is 2. The SMILES string of the molecule is C1CN1.CC1=C(C)C(=O)OC1=O. The van der Waals surface area contributed by atoms with Crippen molar-refractivity contribution in [2.75, 3.05) is 13.1 Å². The van der Waals surface area contributed by atoms with Crippen molar-refractivity contribution in [3.63, 3.8) is 0 Å². The fourth-order valence-corrected chi connectivity index (χ4v) is 0.543. The van der Waals surface area contributed by atoms with Crippen molar-refractivity contribution in [3.05, 3.63) is 11.1 Å². The van der Waals surface area contributed by atoms with Crippen molar-refractivity contribution in [1.82, 2.24) is 5.32 Å². The Morgan fingerprint density at radius 1 is 1.08 bits per heavy atom. The topological polar surface area (TPSA) is 65.3 Å². The Kier molecular flexibility index (Phi) is 2.60. The molecule has 66 valence electrons. The van der Waals surface area contributed by atoms with E-state index in [-0.39, 0.29) is 0 Å². The van der Waals surface area contributed by atoms with Gasteiger partial charge in [-0.1, -0.05) is 0 Å². The highest BCUT2D eigenvalue weighted by atomic mass is 16.6. The molecule has 2 heterocycles. The number of carbonyl (C=O) groups excluding carboxylic acids is 2. The molecule has 0 aromatic carbocycles. The third-order valence-corrected chi connectivity index (χ3v) is 1.61. The minimum absolute atomic E-state index is 0.417. The molecule has 0 spiro atoms. The zero-order valence-electron chi connectivity index (χ0n) is 7.14. The summed E-state index contributed by atoms with van der Waals surface area (Å²) in [6.07, 6.45) is 0. The molecular formula is C8H11NO3. The molecule has 4 heteroatoms. The van der Waals surface area contributed by atoms with Crippen LogP contribution in [0.25, 0.3) is 0 Å². The van der Waals surface area contributed by atoms with Gasteiger partial charge < -0.3 is 10.1 Å². The minimum atomic E-state index is -0.516. The van der Waals surface area contributed by atoms with E-state index >= 15 is 0 Å². The van der Waals surface area contributed by atoms with Gasteiger partial charge in [0.2, 0.25) is 0 Å². The van der Waals surface area contributed by atoms with E-state index in [0.29, 0.717) is 11.1 Å². The Morgan fingerprint density at radius 3 is 1.50 bits per heavy atom. The first kappa shape index (κ1) is 8.93. The van der Waals surface area contributed by atoms with Crippen LogP contribution >= 0.6 is 0 Å². The molecule has 12 heavy (non-hydrogen) atoms. The molecule has 2 aliphatic rings. The van der Waals surface area contributed by atoms with Gasteiger partial charge in [-0.25, -0.2) is 9.59 Å². The van der Waals surface area contributed by atoms with Crippen LogP contribution < -0.4 is 5.32 Å². The Hall–Kier alpha value is -1.16. The quantitative estimate of drug-likeness (QED) is 0.315. The summed E-state index contributed by atoms with van der Waals surface area (Å²) in [6.45, 7) is 5.64. The van der Waals surface area contributed by atoms with E-state index in [1.807, 2.05) is 0 Å². The number of nitrogens with one attached hydrogen (secondary N) is 1. The fourth-order valence-electron chi connectivity index (χ4n) is 0.543. The first-order valence-electron chi connectivity index (χ1n) is 3.77. The summed E-state index contributed by atoms with van der Waals surface area (Å²) >= 11 is 0. The van der Waals surface area contributed by atoms with E-state index in [9.17, 15) is 9.59 Å². The summed E-state index contributed by atoms with van der Waals surface area (Å²) in [5.74, 6) is -1.03. The molecule has 1 N–H and O–H groups in total. The van der Waals surface area contributed by atoms with Crippen molar-refractivity contribution < 1.29 is 14.3 Å². The monoisotopic (exact) mass is 169 g/mol. The molecule has 0 aliphatic carbocycles. The predicted molar refractivity (Wildman–Crippen MR) is 42.3 cm³/mol. The molecule has 0 aromatic rings. The van der Waals surface area contributed by atoms with Gasteiger partial charge in [0.1, 0.15) is 0 Å². The lowest BCUT2D eigenvalue weighted by molar-refractivity contribution is -0.151. The molecule has 0 bridgehead atoms. The molecule has 1 fully saturated rings. The van der Waals surface area contributed by atoms with Gasteiger partial charge >= 0.3 is 11.9 Å². The lowest BCUT2D eigenvalue weighted by atomic mass is 10.2. The van der Waals surface area contributed by atoms with Gasteiger partial charge in [-0.05, 0) is 13.8 Å². The summed E-state index contributed by atoms with van der Waals surface area (Å²) in [6, 6.07) is 0. The van der Waals surface area contributed by atoms with E-state index in [1.165, 1.54) is 13.1 Å². The van der Waals surface area contributed by atoms with Crippen LogP contribution in [-0.2, 0) is 14.3 Å². The fraction of sp³-hybridized carbons (Fsp3) is 0.500. The summed E-state index contributed by atoms with van der Waals surface area (Å²) < 4.78 is 4.23. The smallest absolute Gasteiger partial charge is 0.342 e. The molecule has 0 unspecified atom stereocenters. The molecule has 0 saturated carbocycles. The van der Waals surface area contributed by atoms with Crippen molar-refractivity contribution in [1.29, 1.82) is 0 Å². The largest absolute Gasteiger partial charge is 0.386 e. The molecule has 0 amide bonds. The summed E-state index contributed by atoms with van der Waals surface area (Å²) in [5.41, 5.74) is 0.833. The summed E-state index contributed by atoms with van der Waals surface area (Å²) in [4.78, 5) is 21.0. The average Bonchev–Trinajstić information content (AvgIpc) is 2.84. The van der Waals surface area contributed by atoms with Crippen LogP contribution in [0, 0.1) is 0 Å². The zero-order chi connectivity index (χ0) is 9.14. The van der Waals surface area contributed by atoms with Gasteiger partial charge in [-0.3, -0.25) is 0 Å². The van der Waals surface area contributed by atoms with Gasteiger partial charge in [0, 0.05) is 24.2 Å². The second-order valence-corrected chi connectivity index (χ2v) is 2.68. The highest BCUT2D eigenvalue weighted by molar-refractivity contribution is 6.11. The van der Waals surface area contributed by atoms with Gasteiger partial charge in [0.05, 0.1) is 0 Å². The van der Waals surface area contributed by atoms with Crippen molar-refractivity contribution >= 4 is 11.9 Å². The Balaban J connectivity index is 0.000000200. The van der Waals surface area contributed by atoms with E-state index in [4.69, 9.17) is 0 Å². The minimum Gasteiger partial charge on any atom is -0.386 e. The maximum atomic E-state index is 10.5. The Morgan fingerprint density at radius 2 is 1.42 bits per heavy atom. The Labute approximate surface area is 70.6 Å². The van der Waals surface area contributed by atoms with Crippen LogP contribution in [0.4, 0.5) is 0 Å². The van der Waals surface area contributed by atoms with Crippen LogP contribution in [-0.4, -0.2) is 25.0 Å². The molecule has 0 aromatic heterocycles. The molecule has 4 nitrogen and oxygen atoms in total. The van der Waals surface area contributed by atoms with Crippen molar-refractivity contribution in [2.24, 2.45) is 0 Å². The lowest BCUT2D eigenvalue weighted by Gasteiger charge is -1.84. The van der Waals surface area contributed by atoms with Crippen molar-refractivity contribution in [3.8, 4) is 0 Å². The second-order valence-electron chi connectivity index (χ2n) is 2.68. The van der Waals surface area contributed by atoms with Gasteiger partial charge in [0.25, 0.3) is 0 Å². The van der Waals surface area contributed by atoms with E-state index in [1.54, 1.807) is 13.8 Å². The number of hydrogen-bond acceptors (Lipinski definition) is 4. The van der Waals surface area contributed by atoms with E-state index in [0.717, 1.165) is 0 Å². The van der Waals surface area contributed by atoms with Gasteiger partial charge in [-0.2, -0.15) is 0 Å². The maximum Gasteiger partial charge on any atom is 0.342 e. The highest BCUT2D eigenvalue weighted by Crippen LogP contribution is 2.14.